The van der Waals surface area contributed by atoms with Gasteiger partial charge in [-0.3, -0.25) is 5.41 Å². The number of nitrogen functional groups attached to an aromatic ring is 1. The van der Waals surface area contributed by atoms with Gasteiger partial charge in [0.1, 0.15) is 11.7 Å². The molecular weight excluding hydrogens is 279 g/mol. The van der Waals surface area contributed by atoms with Crippen molar-refractivity contribution in [1.82, 2.24) is 0 Å². The van der Waals surface area contributed by atoms with Crippen LogP contribution in [0.5, 0.6) is 0 Å². The van der Waals surface area contributed by atoms with Gasteiger partial charge in [-0.05, 0) is 17.7 Å². The molecule has 3 N–H and O–H groups in total. The zero-order valence-electron chi connectivity index (χ0n) is 10.7. The molecular formula is C15H14ClFN2O. The van der Waals surface area contributed by atoms with E-state index >= 15 is 0 Å². The SMILES string of the molecule is N=C(N)c1ccc(COCc2ccccc2Cl)c(F)c1. The summed E-state index contributed by atoms with van der Waals surface area (Å²) < 4.78 is 19.2. The number of benzene rings is 2. The third-order valence-corrected chi connectivity index (χ3v) is 3.21. The van der Waals surface area contributed by atoms with E-state index in [0.717, 1.165) is 5.56 Å². The number of nitrogens with two attached hydrogens (primary N) is 1. The lowest BCUT2D eigenvalue weighted by Crippen LogP contribution is -2.11. The zero-order chi connectivity index (χ0) is 14.5. The number of hydrogen-bond donors (Lipinski definition) is 2. The minimum absolute atomic E-state index is 0.134. The second kappa shape index (κ2) is 6.50. The molecule has 0 saturated carbocycles. The molecule has 0 bridgehead atoms. The van der Waals surface area contributed by atoms with E-state index in [1.807, 2.05) is 18.2 Å². The van der Waals surface area contributed by atoms with Crippen LogP contribution in [0.15, 0.2) is 42.5 Å². The van der Waals surface area contributed by atoms with E-state index in [2.05, 4.69) is 0 Å². The number of halogens is 2. The van der Waals surface area contributed by atoms with Gasteiger partial charge in [-0.1, -0.05) is 41.9 Å². The number of ether oxygens (including phenoxy) is 1. The van der Waals surface area contributed by atoms with Crippen molar-refractivity contribution in [2.24, 2.45) is 5.73 Å². The summed E-state index contributed by atoms with van der Waals surface area (Å²) in [4.78, 5) is 0. The lowest BCUT2D eigenvalue weighted by molar-refractivity contribution is 0.105. The van der Waals surface area contributed by atoms with Crippen LogP contribution in [0.4, 0.5) is 4.39 Å². The van der Waals surface area contributed by atoms with Crippen molar-refractivity contribution in [3.63, 3.8) is 0 Å². The van der Waals surface area contributed by atoms with Gasteiger partial charge in [-0.2, -0.15) is 0 Å². The van der Waals surface area contributed by atoms with E-state index in [-0.39, 0.29) is 12.4 Å². The molecule has 0 atom stereocenters. The predicted molar refractivity (Wildman–Crippen MR) is 77.4 cm³/mol. The second-order valence-electron chi connectivity index (χ2n) is 4.30. The van der Waals surface area contributed by atoms with Crippen molar-refractivity contribution in [3.05, 3.63) is 70.0 Å². The van der Waals surface area contributed by atoms with Gasteiger partial charge in [0.15, 0.2) is 0 Å². The molecule has 20 heavy (non-hydrogen) atoms. The van der Waals surface area contributed by atoms with Gasteiger partial charge in [0.2, 0.25) is 0 Å². The van der Waals surface area contributed by atoms with Crippen LogP contribution in [-0.4, -0.2) is 5.84 Å². The monoisotopic (exact) mass is 292 g/mol. The van der Waals surface area contributed by atoms with Gasteiger partial charge in [-0.25, -0.2) is 4.39 Å². The van der Waals surface area contributed by atoms with E-state index < -0.39 is 5.82 Å². The van der Waals surface area contributed by atoms with Crippen molar-refractivity contribution in [2.45, 2.75) is 13.2 Å². The predicted octanol–water partition coefficient (Wildman–Crippen LogP) is 3.48. The van der Waals surface area contributed by atoms with E-state index in [0.29, 0.717) is 22.8 Å². The molecule has 0 aliphatic rings. The van der Waals surface area contributed by atoms with Gasteiger partial charge < -0.3 is 10.5 Å². The summed E-state index contributed by atoms with van der Waals surface area (Å²) in [6.45, 7) is 0.447. The molecule has 2 aromatic rings. The Morgan fingerprint density at radius 2 is 1.85 bits per heavy atom. The topological polar surface area (TPSA) is 59.1 Å². The fourth-order valence-corrected chi connectivity index (χ4v) is 1.91. The van der Waals surface area contributed by atoms with Gasteiger partial charge in [0.25, 0.3) is 0 Å². The fourth-order valence-electron chi connectivity index (χ4n) is 1.72. The average Bonchev–Trinajstić information content (AvgIpc) is 2.42. The van der Waals surface area contributed by atoms with E-state index in [4.69, 9.17) is 27.5 Å². The zero-order valence-corrected chi connectivity index (χ0v) is 11.5. The second-order valence-corrected chi connectivity index (χ2v) is 4.71. The molecule has 104 valence electrons. The van der Waals surface area contributed by atoms with Crippen LogP contribution in [0.1, 0.15) is 16.7 Å². The fraction of sp³-hybridized carbons (Fsp3) is 0.133. The molecule has 0 aliphatic heterocycles. The van der Waals surface area contributed by atoms with Crippen molar-refractivity contribution in [1.29, 1.82) is 5.41 Å². The molecule has 3 nitrogen and oxygen atoms in total. The van der Waals surface area contributed by atoms with E-state index in [9.17, 15) is 4.39 Å². The lowest BCUT2D eigenvalue weighted by atomic mass is 10.1. The molecule has 0 radical (unpaired) electrons. The molecule has 5 heteroatoms. The molecule has 2 aromatic carbocycles. The molecule has 0 fully saturated rings. The highest BCUT2D eigenvalue weighted by molar-refractivity contribution is 6.31. The third-order valence-electron chi connectivity index (χ3n) is 2.84. The van der Waals surface area contributed by atoms with Gasteiger partial charge in [-0.15, -0.1) is 0 Å². The summed E-state index contributed by atoms with van der Waals surface area (Å²) in [5.41, 5.74) is 6.93. The normalized spacial score (nSPS) is 10.5. The Kier molecular flexibility index (Phi) is 4.71. The molecule has 0 aromatic heterocycles. The summed E-state index contributed by atoms with van der Waals surface area (Å²) in [5, 5.41) is 7.87. The first kappa shape index (κ1) is 14.5. The lowest BCUT2D eigenvalue weighted by Gasteiger charge is -2.08. The van der Waals surface area contributed by atoms with Crippen molar-refractivity contribution in [2.75, 3.05) is 0 Å². The van der Waals surface area contributed by atoms with Gasteiger partial charge >= 0.3 is 0 Å². The van der Waals surface area contributed by atoms with E-state index in [1.54, 1.807) is 18.2 Å². The maximum Gasteiger partial charge on any atom is 0.129 e. The molecule has 0 amide bonds. The molecule has 2 rings (SSSR count). The number of rotatable bonds is 5. The number of nitrogens with one attached hydrogen (secondary N) is 1. The largest absolute Gasteiger partial charge is 0.384 e. The van der Waals surface area contributed by atoms with Crippen LogP contribution in [0, 0.1) is 11.2 Å². The van der Waals surface area contributed by atoms with Crippen LogP contribution >= 0.6 is 11.6 Å². The summed E-state index contributed by atoms with van der Waals surface area (Å²) in [5.74, 6) is -0.593. The van der Waals surface area contributed by atoms with Crippen molar-refractivity contribution < 1.29 is 9.13 Å². The minimum atomic E-state index is -0.433. The first-order valence-electron chi connectivity index (χ1n) is 6.02. The van der Waals surface area contributed by atoms with Crippen LogP contribution in [0.3, 0.4) is 0 Å². The van der Waals surface area contributed by atoms with Gasteiger partial charge in [0, 0.05) is 16.1 Å². The standard InChI is InChI=1S/C15H14ClFN2O/c16-13-4-2-1-3-11(13)8-20-9-12-6-5-10(15(18)19)7-14(12)17/h1-7H,8-9H2,(H3,18,19). The third kappa shape index (κ3) is 3.56. The maximum atomic E-state index is 13.8. The molecule has 0 unspecified atom stereocenters. The van der Waals surface area contributed by atoms with Crippen molar-refractivity contribution >= 4 is 17.4 Å². The highest BCUT2D eigenvalue weighted by atomic mass is 35.5. The Hall–Kier alpha value is -1.91. The minimum Gasteiger partial charge on any atom is -0.384 e. The smallest absolute Gasteiger partial charge is 0.129 e. The quantitative estimate of drug-likeness (QED) is 0.655. The Morgan fingerprint density at radius 3 is 2.50 bits per heavy atom. The molecule has 0 heterocycles. The highest BCUT2D eigenvalue weighted by Gasteiger charge is 2.06. The molecule has 0 aliphatic carbocycles. The average molecular weight is 293 g/mol. The van der Waals surface area contributed by atoms with Crippen LogP contribution in [0.25, 0.3) is 0 Å². The molecule has 0 spiro atoms. The van der Waals surface area contributed by atoms with Crippen LogP contribution < -0.4 is 5.73 Å². The first-order valence-corrected chi connectivity index (χ1v) is 6.39. The summed E-state index contributed by atoms with van der Waals surface area (Å²) in [6, 6.07) is 11.7. The van der Waals surface area contributed by atoms with E-state index in [1.165, 1.54) is 6.07 Å². The Labute approximate surface area is 121 Å². The highest BCUT2D eigenvalue weighted by Crippen LogP contribution is 2.17. The summed E-state index contributed by atoms with van der Waals surface area (Å²) >= 11 is 6.00. The van der Waals surface area contributed by atoms with Crippen LogP contribution in [-0.2, 0) is 18.0 Å². The molecule has 0 saturated heterocycles. The Bertz CT molecular complexity index is 631. The van der Waals surface area contributed by atoms with Crippen LogP contribution in [0.2, 0.25) is 5.02 Å². The Morgan fingerprint density at radius 1 is 1.15 bits per heavy atom. The first-order chi connectivity index (χ1) is 9.58. The Balaban J connectivity index is 1.98. The number of amidine groups is 1. The number of hydrogen-bond acceptors (Lipinski definition) is 2. The summed E-state index contributed by atoms with van der Waals surface area (Å²) in [7, 11) is 0. The van der Waals surface area contributed by atoms with Gasteiger partial charge in [0.05, 0.1) is 13.2 Å². The van der Waals surface area contributed by atoms with Crippen molar-refractivity contribution in [3.8, 4) is 0 Å². The maximum absolute atomic E-state index is 13.8. The summed E-state index contributed by atoms with van der Waals surface area (Å²) in [6.07, 6.45) is 0.